The number of aliphatic carboxylic acids is 1. The van der Waals surface area contributed by atoms with Crippen LogP contribution < -0.4 is 5.32 Å². The summed E-state index contributed by atoms with van der Waals surface area (Å²) in [7, 11) is 0. The number of hydrogen-bond acceptors (Lipinski definition) is 5. The van der Waals surface area contributed by atoms with Gasteiger partial charge in [-0.25, -0.2) is 4.98 Å². The fraction of sp³-hybridized carbons (Fsp3) is 0.682. The van der Waals surface area contributed by atoms with E-state index in [1.54, 1.807) is 6.92 Å². The van der Waals surface area contributed by atoms with Crippen LogP contribution in [0, 0.1) is 5.41 Å². The highest BCUT2D eigenvalue weighted by Gasteiger charge is 2.38. The van der Waals surface area contributed by atoms with Gasteiger partial charge in [0.25, 0.3) is 0 Å². The van der Waals surface area contributed by atoms with Crippen molar-refractivity contribution in [2.24, 2.45) is 5.41 Å². The van der Waals surface area contributed by atoms with Crippen molar-refractivity contribution < 1.29 is 14.7 Å². The van der Waals surface area contributed by atoms with Crippen LogP contribution in [0.25, 0.3) is 0 Å². The zero-order chi connectivity index (χ0) is 20.1. The van der Waals surface area contributed by atoms with E-state index in [4.69, 9.17) is 10.1 Å². The first-order valence-corrected chi connectivity index (χ1v) is 10.6. The number of nitrogens with zero attached hydrogens (tertiary/aromatic N) is 2. The van der Waals surface area contributed by atoms with Crippen molar-refractivity contribution in [3.63, 3.8) is 0 Å². The summed E-state index contributed by atoms with van der Waals surface area (Å²) < 4.78 is 0. The molecule has 2 N–H and O–H groups in total. The lowest BCUT2D eigenvalue weighted by atomic mass is 9.75. The molecule has 6 heteroatoms. The first kappa shape index (κ1) is 20.8. The summed E-state index contributed by atoms with van der Waals surface area (Å²) in [6.07, 6.45) is 7.14. The van der Waals surface area contributed by atoms with Gasteiger partial charge in [-0.15, -0.1) is 0 Å². The molecule has 154 valence electrons. The minimum Gasteiger partial charge on any atom is -0.480 e. The Hall–Kier alpha value is -1.95. The minimum absolute atomic E-state index is 0.303. The number of pyridine rings is 1. The Morgan fingerprint density at radius 3 is 2.75 bits per heavy atom. The van der Waals surface area contributed by atoms with E-state index in [1.165, 1.54) is 12.0 Å². The van der Waals surface area contributed by atoms with Crippen molar-refractivity contribution in [2.75, 3.05) is 25.0 Å². The molecule has 0 aromatic carbocycles. The number of hydrogen-bond donors (Lipinski definition) is 2. The molecule has 1 saturated heterocycles. The highest BCUT2D eigenvalue weighted by Crippen LogP contribution is 2.34. The van der Waals surface area contributed by atoms with Crippen molar-refractivity contribution in [1.29, 1.82) is 0 Å². The Morgan fingerprint density at radius 1 is 1.29 bits per heavy atom. The molecule has 0 saturated carbocycles. The van der Waals surface area contributed by atoms with Gasteiger partial charge in [-0.3, -0.25) is 14.5 Å². The van der Waals surface area contributed by atoms with Crippen molar-refractivity contribution in [1.82, 2.24) is 9.88 Å². The first-order chi connectivity index (χ1) is 13.4. The van der Waals surface area contributed by atoms with E-state index < -0.39 is 12.0 Å². The number of ketones is 1. The van der Waals surface area contributed by atoms with Gasteiger partial charge < -0.3 is 10.4 Å². The molecule has 1 atom stereocenters. The second-order valence-corrected chi connectivity index (χ2v) is 8.58. The number of fused-ring (bicyclic) bond motifs is 1. The third-order valence-electron chi connectivity index (χ3n) is 6.52. The van der Waals surface area contributed by atoms with E-state index in [0.717, 1.165) is 56.6 Å². The van der Waals surface area contributed by atoms with Crippen LogP contribution >= 0.6 is 0 Å². The quantitative estimate of drug-likeness (QED) is 0.666. The average Bonchev–Trinajstić information content (AvgIpc) is 2.71. The summed E-state index contributed by atoms with van der Waals surface area (Å²) in [4.78, 5) is 30.6. The van der Waals surface area contributed by atoms with Crippen LogP contribution in [0.5, 0.6) is 0 Å². The fourth-order valence-corrected chi connectivity index (χ4v) is 4.24. The standard InChI is InChI=1S/C22H33N3O3/c1-16(21(27)28)25-14-11-22(2,12-15-25)19(26)8-4-3-7-18-10-9-17-6-5-13-23-20(17)24-18/h9-10,16H,3-8,11-15H2,1-2H3,(H,23,24)(H,27,28). The average molecular weight is 388 g/mol. The van der Waals surface area contributed by atoms with Crippen molar-refractivity contribution >= 4 is 17.6 Å². The fourth-order valence-electron chi connectivity index (χ4n) is 4.24. The summed E-state index contributed by atoms with van der Waals surface area (Å²) in [6, 6.07) is 3.83. The number of carboxylic acids is 1. The van der Waals surface area contributed by atoms with Crippen LogP contribution in [-0.4, -0.2) is 52.4 Å². The monoisotopic (exact) mass is 387 g/mol. The molecule has 0 spiro atoms. The van der Waals surface area contributed by atoms with Crippen LogP contribution in [-0.2, 0) is 22.4 Å². The number of rotatable bonds is 8. The van der Waals surface area contributed by atoms with Crippen LogP contribution in [0.1, 0.15) is 63.6 Å². The number of aromatic nitrogens is 1. The van der Waals surface area contributed by atoms with Crippen molar-refractivity contribution in [3.05, 3.63) is 23.4 Å². The van der Waals surface area contributed by atoms with Gasteiger partial charge in [-0.2, -0.15) is 0 Å². The third kappa shape index (κ3) is 4.90. The summed E-state index contributed by atoms with van der Waals surface area (Å²) in [5, 5.41) is 12.5. The molecule has 1 aromatic rings. The predicted molar refractivity (Wildman–Crippen MR) is 110 cm³/mol. The highest BCUT2D eigenvalue weighted by atomic mass is 16.4. The predicted octanol–water partition coefficient (Wildman–Crippen LogP) is 3.30. The van der Waals surface area contributed by atoms with Gasteiger partial charge in [0.05, 0.1) is 0 Å². The molecule has 2 aliphatic rings. The van der Waals surface area contributed by atoms with E-state index in [9.17, 15) is 9.59 Å². The Bertz CT molecular complexity index is 711. The van der Waals surface area contributed by atoms with Gasteiger partial charge in [0.2, 0.25) is 0 Å². The maximum Gasteiger partial charge on any atom is 0.320 e. The molecule has 0 aliphatic carbocycles. The number of Topliss-reactive ketones (excluding diaryl/α,β-unsaturated/α-hetero) is 1. The molecule has 1 fully saturated rings. The lowest BCUT2D eigenvalue weighted by Gasteiger charge is -2.39. The second-order valence-electron chi connectivity index (χ2n) is 8.58. The third-order valence-corrected chi connectivity index (χ3v) is 6.52. The molecule has 0 radical (unpaired) electrons. The number of unbranched alkanes of at least 4 members (excludes halogenated alkanes) is 1. The van der Waals surface area contributed by atoms with Crippen molar-refractivity contribution in [2.45, 2.75) is 71.3 Å². The molecule has 3 heterocycles. The maximum absolute atomic E-state index is 12.8. The summed E-state index contributed by atoms with van der Waals surface area (Å²) in [6.45, 7) is 6.13. The van der Waals surface area contributed by atoms with E-state index in [0.29, 0.717) is 25.3 Å². The second kappa shape index (κ2) is 9.03. The van der Waals surface area contributed by atoms with Gasteiger partial charge in [0.1, 0.15) is 17.6 Å². The SMILES string of the molecule is CC(C(=O)O)N1CCC(C)(C(=O)CCCCc2ccc3c(n2)NCCC3)CC1. The summed E-state index contributed by atoms with van der Waals surface area (Å²) >= 11 is 0. The number of nitrogens with one attached hydrogen (secondary N) is 1. The molecule has 0 amide bonds. The number of likely N-dealkylation sites (tertiary alicyclic amines) is 1. The molecule has 6 nitrogen and oxygen atoms in total. The first-order valence-electron chi connectivity index (χ1n) is 10.6. The maximum atomic E-state index is 12.8. The van der Waals surface area contributed by atoms with Crippen LogP contribution in [0.3, 0.4) is 0 Å². The van der Waals surface area contributed by atoms with Gasteiger partial charge in [0.15, 0.2) is 0 Å². The highest BCUT2D eigenvalue weighted by molar-refractivity contribution is 5.84. The van der Waals surface area contributed by atoms with Crippen molar-refractivity contribution in [3.8, 4) is 0 Å². The molecular formula is C22H33N3O3. The van der Waals surface area contributed by atoms with E-state index >= 15 is 0 Å². The zero-order valence-electron chi connectivity index (χ0n) is 17.2. The summed E-state index contributed by atoms with van der Waals surface area (Å²) in [5.41, 5.74) is 2.10. The molecule has 1 aromatic heterocycles. The Kier molecular flexibility index (Phi) is 6.70. The van der Waals surface area contributed by atoms with Gasteiger partial charge in [0, 0.05) is 24.1 Å². The number of carbonyl (C=O) groups excluding carboxylic acids is 1. The topological polar surface area (TPSA) is 82.5 Å². The summed E-state index contributed by atoms with van der Waals surface area (Å²) in [5.74, 6) is 0.575. The largest absolute Gasteiger partial charge is 0.480 e. The lowest BCUT2D eigenvalue weighted by molar-refractivity contribution is -0.144. The Morgan fingerprint density at radius 2 is 2.04 bits per heavy atom. The molecule has 0 bridgehead atoms. The molecule has 2 aliphatic heterocycles. The number of piperidine rings is 1. The van der Waals surface area contributed by atoms with Gasteiger partial charge in [-0.1, -0.05) is 13.0 Å². The van der Waals surface area contributed by atoms with Crippen LogP contribution in [0.4, 0.5) is 5.82 Å². The number of carbonyl (C=O) groups is 2. The van der Waals surface area contributed by atoms with E-state index in [1.807, 2.05) is 4.90 Å². The van der Waals surface area contributed by atoms with Gasteiger partial charge >= 0.3 is 5.97 Å². The molecule has 28 heavy (non-hydrogen) atoms. The molecule has 3 rings (SSSR count). The molecular weight excluding hydrogens is 354 g/mol. The Labute approximate surface area is 167 Å². The Balaban J connectivity index is 1.41. The minimum atomic E-state index is -0.791. The zero-order valence-corrected chi connectivity index (χ0v) is 17.2. The van der Waals surface area contributed by atoms with Crippen LogP contribution in [0.15, 0.2) is 12.1 Å². The van der Waals surface area contributed by atoms with E-state index in [-0.39, 0.29) is 5.41 Å². The normalized spacial score (nSPS) is 20.1. The smallest absolute Gasteiger partial charge is 0.320 e. The van der Waals surface area contributed by atoms with E-state index in [2.05, 4.69) is 24.4 Å². The van der Waals surface area contributed by atoms with Crippen LogP contribution in [0.2, 0.25) is 0 Å². The number of aryl methyl sites for hydroxylation is 2. The van der Waals surface area contributed by atoms with Gasteiger partial charge in [-0.05, 0) is 76.6 Å². The number of anilines is 1. The molecule has 1 unspecified atom stereocenters. The lowest BCUT2D eigenvalue weighted by Crippen LogP contribution is -2.48. The number of carboxylic acid groups (broad SMARTS) is 1.